The summed E-state index contributed by atoms with van der Waals surface area (Å²) in [5, 5.41) is 9.14. The molecule has 5 heteroatoms. The van der Waals surface area contributed by atoms with Crippen LogP contribution in [-0.2, 0) is 16.0 Å². The third-order valence-corrected chi connectivity index (χ3v) is 3.89. The molecule has 1 aromatic rings. The smallest absolute Gasteiger partial charge is 0.335 e. The van der Waals surface area contributed by atoms with Crippen LogP contribution in [0.4, 0.5) is 0 Å². The number of hydrogen-bond acceptors (Lipinski definition) is 3. The monoisotopic (exact) mass is 291 g/mol. The number of aromatic carboxylic acids is 1. The highest BCUT2D eigenvalue weighted by atomic mass is 16.5. The highest BCUT2D eigenvalue weighted by Gasteiger charge is 2.30. The zero-order valence-electron chi connectivity index (χ0n) is 12.4. The summed E-state index contributed by atoms with van der Waals surface area (Å²) in [6.45, 7) is 2.96. The predicted octanol–water partition coefficient (Wildman–Crippen LogP) is 1.81. The molecule has 1 saturated heterocycles. The minimum atomic E-state index is -0.933. The quantitative estimate of drug-likeness (QED) is 0.898. The average Bonchev–Trinajstić information content (AvgIpc) is 2.90. The number of carboxylic acid groups (broad SMARTS) is 1. The van der Waals surface area contributed by atoms with Crippen molar-refractivity contribution >= 4 is 11.9 Å². The fraction of sp³-hybridized carbons (Fsp3) is 0.500. The summed E-state index contributed by atoms with van der Waals surface area (Å²) in [5.74, 6) is -0.926. The third-order valence-electron chi connectivity index (χ3n) is 3.89. The van der Waals surface area contributed by atoms with Crippen molar-refractivity contribution in [1.82, 2.24) is 4.90 Å². The molecule has 1 fully saturated rings. The van der Waals surface area contributed by atoms with Crippen molar-refractivity contribution in [2.45, 2.75) is 25.9 Å². The van der Waals surface area contributed by atoms with Crippen LogP contribution < -0.4 is 0 Å². The van der Waals surface area contributed by atoms with Gasteiger partial charge in [-0.15, -0.1) is 0 Å². The number of benzene rings is 1. The van der Waals surface area contributed by atoms with Gasteiger partial charge in [-0.05, 0) is 31.4 Å². The standard InChI is InChI=1S/C16H21NO4/c1-11-9-13(10-21-11)15(18)17(2)8-7-12-5-3-4-6-14(12)16(19)20/h3-6,11,13H,7-10H2,1-2H3,(H,19,20). The third kappa shape index (κ3) is 3.82. The largest absolute Gasteiger partial charge is 0.478 e. The first-order valence-electron chi connectivity index (χ1n) is 7.16. The van der Waals surface area contributed by atoms with E-state index in [1.807, 2.05) is 13.0 Å². The number of nitrogens with zero attached hydrogens (tertiary/aromatic N) is 1. The molecule has 2 unspecified atom stereocenters. The number of carbonyl (C=O) groups excluding carboxylic acids is 1. The Morgan fingerprint density at radius 2 is 2.10 bits per heavy atom. The van der Waals surface area contributed by atoms with Gasteiger partial charge in [0.25, 0.3) is 0 Å². The van der Waals surface area contributed by atoms with Gasteiger partial charge in [-0.25, -0.2) is 4.79 Å². The first kappa shape index (κ1) is 15.5. The molecule has 2 atom stereocenters. The van der Waals surface area contributed by atoms with E-state index in [-0.39, 0.29) is 17.9 Å². The van der Waals surface area contributed by atoms with Gasteiger partial charge in [0, 0.05) is 13.6 Å². The molecule has 2 rings (SSSR count). The summed E-state index contributed by atoms with van der Waals surface area (Å²) in [6.07, 6.45) is 1.43. The minimum Gasteiger partial charge on any atom is -0.478 e. The van der Waals surface area contributed by atoms with Crippen LogP contribution in [0.25, 0.3) is 0 Å². The minimum absolute atomic E-state index is 0.0697. The molecule has 1 heterocycles. The molecule has 0 aliphatic carbocycles. The molecule has 1 amide bonds. The average molecular weight is 291 g/mol. The second-order valence-electron chi connectivity index (χ2n) is 5.55. The number of amides is 1. The van der Waals surface area contributed by atoms with Crippen molar-refractivity contribution in [3.8, 4) is 0 Å². The van der Waals surface area contributed by atoms with E-state index in [9.17, 15) is 9.59 Å². The summed E-state index contributed by atoms with van der Waals surface area (Å²) < 4.78 is 5.42. The van der Waals surface area contributed by atoms with E-state index < -0.39 is 5.97 Å². The number of likely N-dealkylation sites (N-methyl/N-ethyl adjacent to an activating group) is 1. The second-order valence-corrected chi connectivity index (χ2v) is 5.55. The van der Waals surface area contributed by atoms with Crippen molar-refractivity contribution in [3.05, 3.63) is 35.4 Å². The number of hydrogen-bond donors (Lipinski definition) is 1. The Morgan fingerprint density at radius 1 is 1.38 bits per heavy atom. The number of rotatable bonds is 5. The molecule has 21 heavy (non-hydrogen) atoms. The van der Waals surface area contributed by atoms with Crippen LogP contribution in [0.2, 0.25) is 0 Å². The van der Waals surface area contributed by atoms with E-state index in [0.717, 1.165) is 12.0 Å². The molecule has 5 nitrogen and oxygen atoms in total. The van der Waals surface area contributed by atoms with Crippen LogP contribution in [-0.4, -0.2) is 48.2 Å². The molecular formula is C16H21NO4. The zero-order chi connectivity index (χ0) is 15.4. The molecular weight excluding hydrogens is 270 g/mol. The summed E-state index contributed by atoms with van der Waals surface area (Å²) in [4.78, 5) is 25.1. The van der Waals surface area contributed by atoms with Crippen molar-refractivity contribution in [3.63, 3.8) is 0 Å². The fourth-order valence-electron chi connectivity index (χ4n) is 2.65. The van der Waals surface area contributed by atoms with Crippen molar-refractivity contribution < 1.29 is 19.4 Å². The topological polar surface area (TPSA) is 66.8 Å². The number of carboxylic acids is 1. The molecule has 0 spiro atoms. The lowest BCUT2D eigenvalue weighted by molar-refractivity contribution is -0.134. The lowest BCUT2D eigenvalue weighted by atomic mass is 10.0. The molecule has 114 valence electrons. The predicted molar refractivity (Wildman–Crippen MR) is 78.3 cm³/mol. The molecule has 0 radical (unpaired) electrons. The van der Waals surface area contributed by atoms with Gasteiger partial charge >= 0.3 is 5.97 Å². The van der Waals surface area contributed by atoms with E-state index in [4.69, 9.17) is 9.84 Å². The van der Waals surface area contributed by atoms with Crippen molar-refractivity contribution in [2.24, 2.45) is 5.92 Å². The maximum Gasteiger partial charge on any atom is 0.335 e. The van der Waals surface area contributed by atoms with E-state index in [2.05, 4.69) is 0 Å². The first-order valence-corrected chi connectivity index (χ1v) is 7.16. The Bertz CT molecular complexity index is 529. The summed E-state index contributed by atoms with van der Waals surface area (Å²) in [5.41, 5.74) is 1.05. The lowest BCUT2D eigenvalue weighted by Crippen LogP contribution is -2.34. The van der Waals surface area contributed by atoms with Crippen LogP contribution >= 0.6 is 0 Å². The van der Waals surface area contributed by atoms with Crippen LogP contribution in [0.3, 0.4) is 0 Å². The van der Waals surface area contributed by atoms with E-state index in [0.29, 0.717) is 25.1 Å². The Balaban J connectivity index is 1.93. The molecule has 0 bridgehead atoms. The SMILES string of the molecule is CC1CC(C(=O)N(C)CCc2ccccc2C(=O)O)CO1. The van der Waals surface area contributed by atoms with Crippen LogP contribution in [0.5, 0.6) is 0 Å². The Hall–Kier alpha value is -1.88. The normalized spacial score (nSPS) is 21.2. The van der Waals surface area contributed by atoms with E-state index >= 15 is 0 Å². The van der Waals surface area contributed by atoms with Crippen LogP contribution in [0.1, 0.15) is 29.3 Å². The van der Waals surface area contributed by atoms with Gasteiger partial charge in [-0.3, -0.25) is 4.79 Å². The van der Waals surface area contributed by atoms with Crippen molar-refractivity contribution in [2.75, 3.05) is 20.2 Å². The number of carbonyl (C=O) groups is 2. The van der Waals surface area contributed by atoms with E-state index in [1.54, 1.807) is 30.1 Å². The fourth-order valence-corrected chi connectivity index (χ4v) is 2.65. The second kappa shape index (κ2) is 6.72. The van der Waals surface area contributed by atoms with Gasteiger partial charge in [0.2, 0.25) is 5.91 Å². The molecule has 0 saturated carbocycles. The van der Waals surface area contributed by atoms with Crippen molar-refractivity contribution in [1.29, 1.82) is 0 Å². The Labute approximate surface area is 124 Å². The first-order chi connectivity index (χ1) is 9.99. The van der Waals surface area contributed by atoms with Crippen LogP contribution in [0.15, 0.2) is 24.3 Å². The Morgan fingerprint density at radius 3 is 2.71 bits per heavy atom. The summed E-state index contributed by atoms with van der Waals surface area (Å²) in [6, 6.07) is 6.91. The zero-order valence-corrected chi connectivity index (χ0v) is 12.4. The van der Waals surface area contributed by atoms with Gasteiger partial charge in [0.15, 0.2) is 0 Å². The summed E-state index contributed by atoms with van der Waals surface area (Å²) in [7, 11) is 1.76. The van der Waals surface area contributed by atoms with Crippen LogP contribution in [0, 0.1) is 5.92 Å². The van der Waals surface area contributed by atoms with E-state index in [1.165, 1.54) is 0 Å². The molecule has 1 aliphatic heterocycles. The molecule has 1 N–H and O–H groups in total. The van der Waals surface area contributed by atoms with Gasteiger partial charge in [-0.2, -0.15) is 0 Å². The maximum atomic E-state index is 12.3. The molecule has 1 aliphatic rings. The lowest BCUT2D eigenvalue weighted by Gasteiger charge is -2.20. The highest BCUT2D eigenvalue weighted by molar-refractivity contribution is 5.89. The van der Waals surface area contributed by atoms with Gasteiger partial charge in [0.1, 0.15) is 0 Å². The number of ether oxygens (including phenoxy) is 1. The highest BCUT2D eigenvalue weighted by Crippen LogP contribution is 2.21. The maximum absolute atomic E-state index is 12.3. The summed E-state index contributed by atoms with van der Waals surface area (Å²) >= 11 is 0. The Kier molecular flexibility index (Phi) is 4.96. The van der Waals surface area contributed by atoms with Gasteiger partial charge in [0.05, 0.1) is 24.2 Å². The van der Waals surface area contributed by atoms with Gasteiger partial charge in [-0.1, -0.05) is 18.2 Å². The molecule has 1 aromatic carbocycles. The van der Waals surface area contributed by atoms with Gasteiger partial charge < -0.3 is 14.7 Å². The molecule has 0 aromatic heterocycles.